The molecule has 0 aliphatic rings. The summed E-state index contributed by atoms with van der Waals surface area (Å²) in [4.78, 5) is 4.59. The molecule has 0 amide bonds. The van der Waals surface area contributed by atoms with E-state index in [2.05, 4.69) is 49.2 Å². The lowest BCUT2D eigenvalue weighted by atomic mass is 10.1. The summed E-state index contributed by atoms with van der Waals surface area (Å²) >= 11 is 6.16. The van der Waals surface area contributed by atoms with Gasteiger partial charge in [0.25, 0.3) is 0 Å². The fourth-order valence-electron chi connectivity index (χ4n) is 2.10. The summed E-state index contributed by atoms with van der Waals surface area (Å²) in [5.74, 6) is 0. The molecule has 0 heterocycles. The molecule has 0 N–H and O–H groups in total. The lowest BCUT2D eigenvalue weighted by Gasteiger charge is -2.08. The molecule has 0 aliphatic heterocycles. The Morgan fingerprint density at radius 1 is 1.10 bits per heavy atom. The zero-order valence-electron chi connectivity index (χ0n) is 12.0. The van der Waals surface area contributed by atoms with Crippen molar-refractivity contribution in [2.75, 3.05) is 0 Å². The van der Waals surface area contributed by atoms with E-state index in [-0.39, 0.29) is 6.04 Å². The van der Waals surface area contributed by atoms with Gasteiger partial charge in [-0.15, -0.1) is 0 Å². The van der Waals surface area contributed by atoms with Gasteiger partial charge in [0.2, 0.25) is 0 Å². The molecule has 2 aromatic rings. The second-order valence-corrected chi connectivity index (χ2v) is 5.57. The van der Waals surface area contributed by atoms with Crippen molar-refractivity contribution in [2.24, 2.45) is 4.99 Å². The number of halogens is 1. The van der Waals surface area contributed by atoms with Crippen LogP contribution in [0.4, 0.5) is 0 Å². The van der Waals surface area contributed by atoms with Crippen molar-refractivity contribution >= 4 is 17.8 Å². The SMILES string of the molecule is Cc1ccc(CC=N[C@H](C)Cc2ccccc2Cl)cc1. The molecule has 2 heteroatoms. The predicted octanol–water partition coefficient (Wildman–Crippen LogP) is 4.89. The van der Waals surface area contributed by atoms with E-state index in [1.54, 1.807) is 0 Å². The van der Waals surface area contributed by atoms with Crippen LogP contribution in [0.15, 0.2) is 53.5 Å². The summed E-state index contributed by atoms with van der Waals surface area (Å²) in [6.07, 6.45) is 3.77. The Hall–Kier alpha value is -1.60. The quantitative estimate of drug-likeness (QED) is 0.693. The average Bonchev–Trinajstić information content (AvgIpc) is 2.44. The van der Waals surface area contributed by atoms with Crippen molar-refractivity contribution in [2.45, 2.75) is 32.7 Å². The molecule has 104 valence electrons. The van der Waals surface area contributed by atoms with Crippen molar-refractivity contribution in [3.8, 4) is 0 Å². The Kier molecular flexibility index (Phi) is 5.37. The summed E-state index contributed by atoms with van der Waals surface area (Å²) in [7, 11) is 0. The number of hydrogen-bond acceptors (Lipinski definition) is 1. The van der Waals surface area contributed by atoms with E-state index in [9.17, 15) is 0 Å². The molecule has 0 unspecified atom stereocenters. The van der Waals surface area contributed by atoms with Gasteiger partial charge < -0.3 is 0 Å². The number of benzene rings is 2. The molecule has 1 nitrogen and oxygen atoms in total. The zero-order valence-corrected chi connectivity index (χ0v) is 12.8. The largest absolute Gasteiger partial charge is 0.294 e. The third kappa shape index (κ3) is 4.50. The van der Waals surface area contributed by atoms with Crippen molar-refractivity contribution in [3.63, 3.8) is 0 Å². The Morgan fingerprint density at radius 3 is 2.50 bits per heavy atom. The van der Waals surface area contributed by atoms with Gasteiger partial charge in [0, 0.05) is 17.7 Å². The summed E-state index contributed by atoms with van der Waals surface area (Å²) < 4.78 is 0. The average molecular weight is 286 g/mol. The number of aliphatic imine (C=N–C) groups is 1. The Labute approximate surface area is 126 Å². The highest BCUT2D eigenvalue weighted by Crippen LogP contribution is 2.17. The van der Waals surface area contributed by atoms with E-state index in [1.807, 2.05) is 24.4 Å². The molecule has 0 spiro atoms. The van der Waals surface area contributed by atoms with Gasteiger partial charge in [-0.2, -0.15) is 0 Å². The fraction of sp³-hybridized carbons (Fsp3) is 0.278. The molecule has 0 radical (unpaired) electrons. The highest BCUT2D eigenvalue weighted by atomic mass is 35.5. The third-order valence-electron chi connectivity index (χ3n) is 3.28. The van der Waals surface area contributed by atoms with Gasteiger partial charge in [0.15, 0.2) is 0 Å². The Morgan fingerprint density at radius 2 is 1.80 bits per heavy atom. The second-order valence-electron chi connectivity index (χ2n) is 5.17. The maximum atomic E-state index is 6.16. The van der Waals surface area contributed by atoms with Gasteiger partial charge in [-0.25, -0.2) is 0 Å². The van der Waals surface area contributed by atoms with Gasteiger partial charge in [-0.3, -0.25) is 4.99 Å². The molecule has 1 atom stereocenters. The normalized spacial score (nSPS) is 12.8. The second kappa shape index (κ2) is 7.25. The molecular weight excluding hydrogens is 266 g/mol. The highest BCUT2D eigenvalue weighted by Gasteiger charge is 2.04. The van der Waals surface area contributed by atoms with Gasteiger partial charge in [0.1, 0.15) is 0 Å². The molecule has 0 fully saturated rings. The van der Waals surface area contributed by atoms with Gasteiger partial charge in [-0.05, 0) is 37.5 Å². The maximum Gasteiger partial charge on any atom is 0.0508 e. The molecule has 0 saturated heterocycles. The zero-order chi connectivity index (χ0) is 14.4. The van der Waals surface area contributed by atoms with E-state index < -0.39 is 0 Å². The minimum absolute atomic E-state index is 0.250. The molecule has 2 rings (SSSR count). The topological polar surface area (TPSA) is 12.4 Å². The molecule has 0 bridgehead atoms. The van der Waals surface area contributed by atoms with Crippen LogP contribution >= 0.6 is 11.6 Å². The van der Waals surface area contributed by atoms with Crippen LogP contribution in [0.1, 0.15) is 23.6 Å². The lowest BCUT2D eigenvalue weighted by Crippen LogP contribution is -2.04. The number of rotatable bonds is 5. The monoisotopic (exact) mass is 285 g/mol. The van der Waals surface area contributed by atoms with E-state index in [0.717, 1.165) is 23.4 Å². The van der Waals surface area contributed by atoms with Crippen molar-refractivity contribution < 1.29 is 0 Å². The van der Waals surface area contributed by atoms with Crippen molar-refractivity contribution in [1.29, 1.82) is 0 Å². The minimum Gasteiger partial charge on any atom is -0.294 e. The molecule has 0 aliphatic carbocycles. The van der Waals surface area contributed by atoms with Gasteiger partial charge in [-0.1, -0.05) is 59.6 Å². The Bertz CT molecular complexity index is 572. The van der Waals surface area contributed by atoms with Gasteiger partial charge >= 0.3 is 0 Å². The first kappa shape index (κ1) is 14.8. The summed E-state index contributed by atoms with van der Waals surface area (Å²) in [5.41, 5.74) is 3.75. The molecule has 2 aromatic carbocycles. The van der Waals surface area contributed by atoms with Crippen LogP contribution in [-0.4, -0.2) is 12.3 Å². The molecular formula is C18H20ClN. The number of nitrogens with zero attached hydrogens (tertiary/aromatic N) is 1. The molecule has 20 heavy (non-hydrogen) atoms. The number of aryl methyl sites for hydroxylation is 1. The van der Waals surface area contributed by atoms with Gasteiger partial charge in [0.05, 0.1) is 6.04 Å². The van der Waals surface area contributed by atoms with Crippen LogP contribution in [0, 0.1) is 6.92 Å². The first-order valence-electron chi connectivity index (χ1n) is 6.96. The predicted molar refractivity (Wildman–Crippen MR) is 88.0 cm³/mol. The third-order valence-corrected chi connectivity index (χ3v) is 3.65. The van der Waals surface area contributed by atoms with E-state index in [4.69, 9.17) is 11.6 Å². The molecule has 0 saturated carbocycles. The van der Waals surface area contributed by atoms with Crippen LogP contribution < -0.4 is 0 Å². The summed E-state index contributed by atoms with van der Waals surface area (Å²) in [5, 5.41) is 0.827. The van der Waals surface area contributed by atoms with Crippen LogP contribution in [0.25, 0.3) is 0 Å². The van der Waals surface area contributed by atoms with E-state index in [1.165, 1.54) is 11.1 Å². The first-order valence-corrected chi connectivity index (χ1v) is 7.33. The summed E-state index contributed by atoms with van der Waals surface area (Å²) in [6.45, 7) is 4.22. The first-order chi connectivity index (χ1) is 9.65. The minimum atomic E-state index is 0.250. The smallest absolute Gasteiger partial charge is 0.0508 e. The number of hydrogen-bond donors (Lipinski definition) is 0. The standard InChI is InChI=1S/C18H20ClN/c1-14-7-9-16(10-8-14)11-12-20-15(2)13-17-5-3-4-6-18(17)19/h3-10,12,15H,11,13H2,1-2H3/t15-/m1/s1. The maximum absolute atomic E-state index is 6.16. The van der Waals surface area contributed by atoms with Crippen LogP contribution in [0.2, 0.25) is 5.02 Å². The van der Waals surface area contributed by atoms with E-state index in [0.29, 0.717) is 0 Å². The lowest BCUT2D eigenvalue weighted by molar-refractivity contribution is 0.742. The highest BCUT2D eigenvalue weighted by molar-refractivity contribution is 6.31. The van der Waals surface area contributed by atoms with Crippen molar-refractivity contribution in [1.82, 2.24) is 0 Å². The summed E-state index contributed by atoms with van der Waals surface area (Å²) in [6, 6.07) is 16.8. The van der Waals surface area contributed by atoms with Crippen LogP contribution in [0.5, 0.6) is 0 Å². The van der Waals surface area contributed by atoms with Crippen LogP contribution in [0.3, 0.4) is 0 Å². The molecule has 0 aromatic heterocycles. The Balaban J connectivity index is 1.88. The van der Waals surface area contributed by atoms with E-state index >= 15 is 0 Å². The fourth-order valence-corrected chi connectivity index (χ4v) is 2.31. The van der Waals surface area contributed by atoms with Crippen molar-refractivity contribution in [3.05, 3.63) is 70.2 Å². The van der Waals surface area contributed by atoms with Crippen LogP contribution in [-0.2, 0) is 12.8 Å².